The number of carbonyl (C=O) groups is 1. The molecule has 0 saturated carbocycles. The standard InChI is InChI=1S/C19H21N3O4/c1-21-10-9-13-5-3-4-6-15(13)17(21)12-19(23)20-16-8-7-14(26-2)11-18(16)22(24)25/h3-8,11,17H,9-10,12H2,1-2H3,(H,20,23). The minimum atomic E-state index is -0.528. The average Bonchev–Trinajstić information content (AvgIpc) is 2.64. The van der Waals surface area contributed by atoms with Crippen molar-refractivity contribution in [3.63, 3.8) is 0 Å². The maximum Gasteiger partial charge on any atom is 0.296 e. The number of benzene rings is 2. The van der Waals surface area contributed by atoms with Crippen LogP contribution >= 0.6 is 0 Å². The van der Waals surface area contributed by atoms with Crippen molar-refractivity contribution in [1.29, 1.82) is 0 Å². The smallest absolute Gasteiger partial charge is 0.296 e. The van der Waals surface area contributed by atoms with Gasteiger partial charge in [0, 0.05) is 19.0 Å². The predicted octanol–water partition coefficient (Wildman–Crippen LogP) is 3.16. The first-order valence-electron chi connectivity index (χ1n) is 8.40. The number of amides is 1. The normalized spacial score (nSPS) is 16.6. The lowest BCUT2D eigenvalue weighted by molar-refractivity contribution is -0.384. The van der Waals surface area contributed by atoms with Crippen molar-refractivity contribution in [3.8, 4) is 5.75 Å². The summed E-state index contributed by atoms with van der Waals surface area (Å²) in [6.07, 6.45) is 1.19. The first-order chi connectivity index (χ1) is 12.5. The molecule has 7 nitrogen and oxygen atoms in total. The number of likely N-dealkylation sites (N-methyl/N-ethyl adjacent to an activating group) is 1. The van der Waals surface area contributed by atoms with Crippen LogP contribution in [-0.4, -0.2) is 36.4 Å². The van der Waals surface area contributed by atoms with E-state index in [9.17, 15) is 14.9 Å². The minimum absolute atomic E-state index is 0.0442. The topological polar surface area (TPSA) is 84.7 Å². The second-order valence-electron chi connectivity index (χ2n) is 6.34. The summed E-state index contributed by atoms with van der Waals surface area (Å²) in [6, 6.07) is 12.4. The highest BCUT2D eigenvalue weighted by Crippen LogP contribution is 2.33. The summed E-state index contributed by atoms with van der Waals surface area (Å²) < 4.78 is 5.02. The number of anilines is 1. The van der Waals surface area contributed by atoms with Crippen LogP contribution in [0.2, 0.25) is 0 Å². The molecule has 3 rings (SSSR count). The molecule has 2 aromatic carbocycles. The Bertz CT molecular complexity index is 837. The monoisotopic (exact) mass is 355 g/mol. The van der Waals surface area contributed by atoms with Crippen molar-refractivity contribution in [2.45, 2.75) is 18.9 Å². The molecule has 0 radical (unpaired) electrons. The van der Waals surface area contributed by atoms with E-state index in [4.69, 9.17) is 4.74 Å². The van der Waals surface area contributed by atoms with Gasteiger partial charge in [-0.1, -0.05) is 24.3 Å². The third-order valence-corrected chi connectivity index (χ3v) is 4.73. The van der Waals surface area contributed by atoms with E-state index in [1.807, 2.05) is 25.2 Å². The van der Waals surface area contributed by atoms with Gasteiger partial charge in [-0.2, -0.15) is 0 Å². The number of rotatable bonds is 5. The summed E-state index contributed by atoms with van der Waals surface area (Å²) in [6.45, 7) is 0.873. The predicted molar refractivity (Wildman–Crippen MR) is 98.4 cm³/mol. The Labute approximate surface area is 151 Å². The molecule has 2 aromatic rings. The molecule has 1 heterocycles. The minimum Gasteiger partial charge on any atom is -0.496 e. The molecular weight excluding hydrogens is 334 g/mol. The fourth-order valence-electron chi connectivity index (χ4n) is 3.31. The second-order valence-corrected chi connectivity index (χ2v) is 6.34. The van der Waals surface area contributed by atoms with E-state index in [1.54, 1.807) is 6.07 Å². The number of hydrogen-bond acceptors (Lipinski definition) is 5. The number of methoxy groups -OCH3 is 1. The SMILES string of the molecule is COc1ccc(NC(=O)CC2c3ccccc3CCN2C)c([N+](=O)[O-])c1. The van der Waals surface area contributed by atoms with Gasteiger partial charge in [0.15, 0.2) is 0 Å². The molecule has 1 atom stereocenters. The molecule has 26 heavy (non-hydrogen) atoms. The number of nitrogens with one attached hydrogen (secondary N) is 1. The quantitative estimate of drug-likeness (QED) is 0.658. The van der Waals surface area contributed by atoms with Gasteiger partial charge in [-0.3, -0.25) is 19.8 Å². The van der Waals surface area contributed by atoms with Crippen LogP contribution in [0.5, 0.6) is 5.75 Å². The van der Waals surface area contributed by atoms with Gasteiger partial charge in [0.1, 0.15) is 11.4 Å². The second kappa shape index (κ2) is 7.53. The lowest BCUT2D eigenvalue weighted by Gasteiger charge is -2.34. The summed E-state index contributed by atoms with van der Waals surface area (Å²) in [7, 11) is 3.43. The van der Waals surface area contributed by atoms with Crippen molar-refractivity contribution in [2.24, 2.45) is 0 Å². The van der Waals surface area contributed by atoms with E-state index in [-0.39, 0.29) is 29.7 Å². The van der Waals surface area contributed by atoms with Crippen molar-refractivity contribution in [2.75, 3.05) is 26.0 Å². The fourth-order valence-corrected chi connectivity index (χ4v) is 3.31. The maximum absolute atomic E-state index is 12.6. The third-order valence-electron chi connectivity index (χ3n) is 4.73. The van der Waals surface area contributed by atoms with Gasteiger partial charge >= 0.3 is 0 Å². The zero-order valence-corrected chi connectivity index (χ0v) is 14.8. The van der Waals surface area contributed by atoms with Gasteiger partial charge in [0.05, 0.1) is 18.1 Å². The highest BCUT2D eigenvalue weighted by Gasteiger charge is 2.27. The molecule has 136 valence electrons. The van der Waals surface area contributed by atoms with E-state index in [1.165, 1.54) is 24.8 Å². The molecule has 0 fully saturated rings. The summed E-state index contributed by atoms with van der Waals surface area (Å²) in [4.78, 5) is 25.5. The van der Waals surface area contributed by atoms with Gasteiger partial charge < -0.3 is 10.1 Å². The molecule has 0 spiro atoms. The molecule has 0 aliphatic carbocycles. The molecule has 1 unspecified atom stereocenters. The molecule has 1 N–H and O–H groups in total. The molecule has 0 saturated heterocycles. The molecular formula is C19H21N3O4. The Kier molecular flexibility index (Phi) is 5.18. The zero-order chi connectivity index (χ0) is 18.7. The number of nitro groups is 1. The van der Waals surface area contributed by atoms with Gasteiger partial charge in [-0.25, -0.2) is 0 Å². The van der Waals surface area contributed by atoms with Crippen molar-refractivity contribution in [3.05, 3.63) is 63.7 Å². The van der Waals surface area contributed by atoms with Crippen LogP contribution in [0.15, 0.2) is 42.5 Å². The highest BCUT2D eigenvalue weighted by atomic mass is 16.6. The number of hydrogen-bond donors (Lipinski definition) is 1. The molecule has 1 aliphatic heterocycles. The number of nitro benzene ring substituents is 1. The first-order valence-corrected chi connectivity index (χ1v) is 8.40. The lowest BCUT2D eigenvalue weighted by atomic mass is 9.91. The Hall–Kier alpha value is -2.93. The van der Waals surface area contributed by atoms with E-state index in [0.717, 1.165) is 18.5 Å². The van der Waals surface area contributed by atoms with Crippen LogP contribution in [0, 0.1) is 10.1 Å². The van der Waals surface area contributed by atoms with Crippen LogP contribution in [0.3, 0.4) is 0 Å². The van der Waals surface area contributed by atoms with Crippen LogP contribution in [0.4, 0.5) is 11.4 Å². The maximum atomic E-state index is 12.6. The molecule has 1 amide bonds. The van der Waals surface area contributed by atoms with Gasteiger partial charge in [0.2, 0.25) is 5.91 Å². The van der Waals surface area contributed by atoms with E-state index >= 15 is 0 Å². The van der Waals surface area contributed by atoms with Gasteiger partial charge in [-0.05, 0) is 36.7 Å². The number of fused-ring (bicyclic) bond motifs is 1. The fraction of sp³-hybridized carbons (Fsp3) is 0.316. The van der Waals surface area contributed by atoms with Crippen LogP contribution in [-0.2, 0) is 11.2 Å². The third kappa shape index (κ3) is 3.67. The lowest BCUT2D eigenvalue weighted by Crippen LogP contribution is -2.34. The Morgan fingerprint density at radius 1 is 1.35 bits per heavy atom. The Morgan fingerprint density at radius 2 is 2.12 bits per heavy atom. The van der Waals surface area contributed by atoms with E-state index < -0.39 is 4.92 Å². The summed E-state index contributed by atoms with van der Waals surface area (Å²) >= 11 is 0. The Morgan fingerprint density at radius 3 is 2.85 bits per heavy atom. The molecule has 0 bridgehead atoms. The number of nitrogens with zero attached hydrogens (tertiary/aromatic N) is 2. The average molecular weight is 355 g/mol. The number of ether oxygens (including phenoxy) is 1. The largest absolute Gasteiger partial charge is 0.496 e. The molecule has 0 aromatic heterocycles. The summed E-state index contributed by atoms with van der Waals surface area (Å²) in [5.41, 5.74) is 2.38. The summed E-state index contributed by atoms with van der Waals surface area (Å²) in [5.74, 6) is 0.113. The molecule has 1 aliphatic rings. The van der Waals surface area contributed by atoms with Crippen LogP contribution in [0.25, 0.3) is 0 Å². The highest BCUT2D eigenvalue weighted by molar-refractivity contribution is 5.93. The van der Waals surface area contributed by atoms with Gasteiger partial charge in [-0.15, -0.1) is 0 Å². The zero-order valence-electron chi connectivity index (χ0n) is 14.8. The van der Waals surface area contributed by atoms with Gasteiger partial charge in [0.25, 0.3) is 5.69 Å². The number of carbonyl (C=O) groups excluding carboxylic acids is 1. The molecule has 7 heteroatoms. The van der Waals surface area contributed by atoms with Crippen molar-refractivity contribution in [1.82, 2.24) is 4.90 Å². The van der Waals surface area contributed by atoms with Crippen LogP contribution < -0.4 is 10.1 Å². The van der Waals surface area contributed by atoms with Crippen molar-refractivity contribution >= 4 is 17.3 Å². The summed E-state index contributed by atoms with van der Waals surface area (Å²) in [5, 5.41) is 13.9. The Balaban J connectivity index is 1.79. The van der Waals surface area contributed by atoms with E-state index in [2.05, 4.69) is 16.3 Å². The van der Waals surface area contributed by atoms with Crippen LogP contribution in [0.1, 0.15) is 23.6 Å². The van der Waals surface area contributed by atoms with Crippen molar-refractivity contribution < 1.29 is 14.5 Å². The van der Waals surface area contributed by atoms with E-state index in [0.29, 0.717) is 5.75 Å². The first kappa shape index (κ1) is 17.9.